The van der Waals surface area contributed by atoms with Gasteiger partial charge in [0.25, 0.3) is 20.0 Å². The van der Waals surface area contributed by atoms with Gasteiger partial charge in [0, 0.05) is 51.8 Å². The zero-order chi connectivity index (χ0) is 43.4. The molecule has 0 bridgehead atoms. The Labute approximate surface area is 356 Å². The highest BCUT2D eigenvalue weighted by Gasteiger charge is 2.28. The third-order valence-corrected chi connectivity index (χ3v) is 13.0. The fourth-order valence-electron chi connectivity index (χ4n) is 6.11. The van der Waals surface area contributed by atoms with Gasteiger partial charge in [-0.3, -0.25) is 9.78 Å². The highest BCUT2D eigenvalue weighted by molar-refractivity contribution is 7.89. The maximum Gasteiger partial charge on any atom is 0.262 e. The van der Waals surface area contributed by atoms with E-state index in [2.05, 4.69) is 20.3 Å². The molecule has 18 heteroatoms. The van der Waals surface area contributed by atoms with Crippen LogP contribution in [0, 0.1) is 0 Å². The number of aromatic nitrogens is 6. The summed E-state index contributed by atoms with van der Waals surface area (Å²) in [6.45, 7) is 1.18. The van der Waals surface area contributed by atoms with Gasteiger partial charge in [-0.1, -0.05) is 48.5 Å². The first-order chi connectivity index (χ1) is 29.4. The van der Waals surface area contributed by atoms with Crippen molar-refractivity contribution < 1.29 is 35.8 Å². The highest BCUT2D eigenvalue weighted by atomic mass is 32.2. The van der Waals surface area contributed by atoms with Crippen molar-refractivity contribution >= 4 is 20.0 Å². The van der Waals surface area contributed by atoms with E-state index in [0.29, 0.717) is 18.0 Å². The number of ether oxygens (including phenoxy) is 4. The van der Waals surface area contributed by atoms with Crippen LogP contribution in [0.3, 0.4) is 0 Å². The molecule has 0 saturated carbocycles. The molecule has 3 aromatic heterocycles. The van der Waals surface area contributed by atoms with Crippen molar-refractivity contribution in [1.29, 1.82) is 0 Å². The lowest BCUT2D eigenvalue weighted by atomic mass is 10.2. The summed E-state index contributed by atoms with van der Waals surface area (Å²) < 4.78 is 80.4. The molecule has 0 radical (unpaired) electrons. The molecule has 1 N–H and O–H groups in total. The molecular weight excluding hydrogens is 821 g/mol. The fraction of sp³-hybridized carbons (Fsp3) is 0.233. The number of aryl methyl sites for hydroxylation is 1. The van der Waals surface area contributed by atoms with Crippen LogP contribution in [0.25, 0.3) is 0 Å². The van der Waals surface area contributed by atoms with Gasteiger partial charge < -0.3 is 23.5 Å². The normalized spacial score (nSPS) is 11.6. The molecule has 0 aliphatic carbocycles. The quantitative estimate of drug-likeness (QED) is 0.109. The fourth-order valence-corrected chi connectivity index (χ4v) is 8.77. The summed E-state index contributed by atoms with van der Waals surface area (Å²) in [7, 11) is 0.636. The Morgan fingerprint density at radius 3 is 1.30 bits per heavy atom. The molecule has 0 amide bonds. The minimum atomic E-state index is -3.89. The summed E-state index contributed by atoms with van der Waals surface area (Å²) in [5.74, 6) is 3.64. The molecular formula is C43H48N8O8S2. The van der Waals surface area contributed by atoms with E-state index in [0.717, 1.165) is 39.6 Å². The first kappa shape index (κ1) is 44.1. The Hall–Kier alpha value is -6.47. The smallest absolute Gasteiger partial charge is 0.262 e. The van der Waals surface area contributed by atoms with Gasteiger partial charge in [0.15, 0.2) is 10.1 Å². The van der Waals surface area contributed by atoms with Crippen molar-refractivity contribution in [2.45, 2.75) is 42.8 Å². The predicted molar refractivity (Wildman–Crippen MR) is 228 cm³/mol. The highest BCUT2D eigenvalue weighted by Crippen LogP contribution is 2.24. The van der Waals surface area contributed by atoms with Crippen molar-refractivity contribution in [3.63, 3.8) is 0 Å². The number of nitrogens with one attached hydrogen (secondary N) is 1. The lowest BCUT2D eigenvalue weighted by Gasteiger charge is -2.22. The zero-order valence-corrected chi connectivity index (χ0v) is 36.1. The molecule has 7 aromatic rings. The van der Waals surface area contributed by atoms with Crippen LogP contribution in [0.4, 0.5) is 0 Å². The Balaban J connectivity index is 0.000000210. The van der Waals surface area contributed by atoms with Crippen molar-refractivity contribution in [2.24, 2.45) is 7.05 Å². The number of benzene rings is 4. The largest absolute Gasteiger partial charge is 0.497 e. The van der Waals surface area contributed by atoms with E-state index in [1.165, 1.54) is 26.9 Å². The Morgan fingerprint density at radius 2 is 0.951 bits per heavy atom. The van der Waals surface area contributed by atoms with Crippen molar-refractivity contribution in [3.8, 4) is 23.0 Å². The molecule has 0 fully saturated rings. The molecule has 3 heterocycles. The zero-order valence-electron chi connectivity index (χ0n) is 34.5. The number of rotatable bonds is 18. The van der Waals surface area contributed by atoms with E-state index in [4.69, 9.17) is 18.9 Å². The summed E-state index contributed by atoms with van der Waals surface area (Å²) in [5, 5.41) is 10.7. The molecule has 0 aliphatic rings. The second kappa shape index (κ2) is 20.2. The summed E-state index contributed by atoms with van der Waals surface area (Å²) >= 11 is 0. The monoisotopic (exact) mass is 868 g/mol. The van der Waals surface area contributed by atoms with Crippen LogP contribution in [0.5, 0.6) is 23.0 Å². The molecule has 320 valence electrons. The number of hydrogen-bond acceptors (Lipinski definition) is 11. The number of hydrogen-bond donors (Lipinski definition) is 1. The van der Waals surface area contributed by atoms with Gasteiger partial charge in [-0.05, 0) is 82.9 Å². The number of H-pyrrole nitrogens is 1. The molecule has 4 aromatic carbocycles. The average molecular weight is 869 g/mol. The number of aromatic amines is 1. The number of nitrogens with zero attached hydrogens (tertiary/aromatic N) is 7. The van der Waals surface area contributed by atoms with E-state index < -0.39 is 20.0 Å². The lowest BCUT2D eigenvalue weighted by Crippen LogP contribution is -2.30. The summed E-state index contributed by atoms with van der Waals surface area (Å²) in [5.41, 5.74) is 3.38. The summed E-state index contributed by atoms with van der Waals surface area (Å²) in [6.07, 6.45) is 6.61. The average Bonchev–Trinajstić information content (AvgIpc) is 4.09. The molecule has 0 unspecified atom stereocenters. The first-order valence-corrected chi connectivity index (χ1v) is 21.8. The van der Waals surface area contributed by atoms with E-state index in [1.807, 2.05) is 115 Å². The van der Waals surface area contributed by atoms with Gasteiger partial charge in [0.1, 0.15) is 28.8 Å². The van der Waals surface area contributed by atoms with Crippen molar-refractivity contribution in [1.82, 2.24) is 38.1 Å². The van der Waals surface area contributed by atoms with Crippen LogP contribution in [-0.2, 0) is 59.8 Å². The van der Waals surface area contributed by atoms with E-state index in [1.54, 1.807) is 45.5 Å². The molecule has 61 heavy (non-hydrogen) atoms. The minimum absolute atomic E-state index is 0.0104. The third kappa shape index (κ3) is 11.4. The molecule has 0 aliphatic heterocycles. The van der Waals surface area contributed by atoms with Gasteiger partial charge in [0.2, 0.25) is 0 Å². The number of sulfonamides is 2. The van der Waals surface area contributed by atoms with Gasteiger partial charge in [-0.15, -0.1) is 0 Å². The Kier molecular flexibility index (Phi) is 14.6. The molecule has 0 saturated heterocycles. The Morgan fingerprint density at radius 1 is 0.541 bits per heavy atom. The van der Waals surface area contributed by atoms with E-state index in [-0.39, 0.29) is 36.2 Å². The second-order valence-corrected chi connectivity index (χ2v) is 17.5. The number of imidazole rings is 1. The van der Waals surface area contributed by atoms with E-state index in [9.17, 15) is 16.8 Å². The lowest BCUT2D eigenvalue weighted by molar-refractivity contribution is 0.395. The maximum atomic E-state index is 13.6. The standard InChI is InChI=1S/C24H27N5O4S.C19H21N3O4S/c1-27-15-13-25-23(27)18-28-14-12-24(26-28)34(30,31)29(16-19-4-8-21(32-2)9-5-19)17-20-6-10-22(33-3)11-7-20;1-25-17-7-3-15(4-8-17)13-22(27(23,24)19-11-12-20-21-19)14-16-5-9-18(26-2)10-6-16/h4-15H,16-18H2,1-3H3;3-12H,13-14H2,1-2H3,(H,20,21). The van der Waals surface area contributed by atoms with Gasteiger partial charge in [-0.25, -0.2) is 21.8 Å². The van der Waals surface area contributed by atoms with E-state index >= 15 is 0 Å². The van der Waals surface area contributed by atoms with Crippen molar-refractivity contribution in [2.75, 3.05) is 28.4 Å². The van der Waals surface area contributed by atoms with Crippen LogP contribution in [0.15, 0.2) is 144 Å². The Bertz CT molecular complexity index is 2550. The predicted octanol–water partition coefficient (Wildman–Crippen LogP) is 5.89. The van der Waals surface area contributed by atoms with Crippen LogP contribution in [-0.4, -0.2) is 83.4 Å². The third-order valence-electron chi connectivity index (χ3n) is 9.61. The summed E-state index contributed by atoms with van der Waals surface area (Å²) in [6, 6.07) is 32.3. The molecule has 7 rings (SSSR count). The molecule has 0 atom stereocenters. The number of methoxy groups -OCH3 is 4. The van der Waals surface area contributed by atoms with Crippen LogP contribution >= 0.6 is 0 Å². The SMILES string of the molecule is COc1ccc(CN(Cc2ccc(OC)cc2)S(=O)(=O)c2ccn(Cc3nccn3C)n2)cc1.COc1ccc(CN(Cc2ccc(OC)cc2)S(=O)(=O)c2ccn[nH]2)cc1. The summed E-state index contributed by atoms with van der Waals surface area (Å²) in [4.78, 5) is 4.28. The maximum absolute atomic E-state index is 13.6. The van der Waals surface area contributed by atoms with Gasteiger partial charge >= 0.3 is 0 Å². The van der Waals surface area contributed by atoms with Crippen LogP contribution < -0.4 is 18.9 Å². The van der Waals surface area contributed by atoms with Crippen LogP contribution in [0.2, 0.25) is 0 Å². The molecule has 0 spiro atoms. The second-order valence-electron chi connectivity index (χ2n) is 13.7. The van der Waals surface area contributed by atoms with Gasteiger partial charge in [-0.2, -0.15) is 18.8 Å². The minimum Gasteiger partial charge on any atom is -0.497 e. The van der Waals surface area contributed by atoms with Gasteiger partial charge in [0.05, 0.1) is 41.2 Å². The van der Waals surface area contributed by atoms with Crippen LogP contribution in [0.1, 0.15) is 28.1 Å². The first-order valence-electron chi connectivity index (χ1n) is 18.9. The molecule has 16 nitrogen and oxygen atoms in total. The van der Waals surface area contributed by atoms with Crippen molar-refractivity contribution in [3.05, 3.63) is 162 Å². The topological polar surface area (TPSA) is 176 Å².